The Morgan fingerprint density at radius 3 is 1.44 bits per heavy atom. The third-order valence-electron chi connectivity index (χ3n) is 4.90. The molecular formula is C26H22O. The third kappa shape index (κ3) is 3.42. The quantitative estimate of drug-likeness (QED) is 0.432. The molecule has 27 heavy (non-hydrogen) atoms. The van der Waals surface area contributed by atoms with Gasteiger partial charge in [-0.2, -0.15) is 0 Å². The van der Waals surface area contributed by atoms with Crippen LogP contribution in [0.5, 0.6) is 0 Å². The van der Waals surface area contributed by atoms with Crippen molar-refractivity contribution in [3.8, 4) is 33.4 Å². The van der Waals surface area contributed by atoms with Crippen LogP contribution in [0, 0.1) is 0 Å². The van der Waals surface area contributed by atoms with Crippen molar-refractivity contribution in [3.63, 3.8) is 0 Å². The van der Waals surface area contributed by atoms with Crippen LogP contribution in [-0.4, -0.2) is 5.11 Å². The van der Waals surface area contributed by atoms with E-state index < -0.39 is 6.10 Å². The van der Waals surface area contributed by atoms with E-state index >= 15 is 0 Å². The van der Waals surface area contributed by atoms with E-state index in [4.69, 9.17) is 0 Å². The van der Waals surface area contributed by atoms with Gasteiger partial charge in [0.1, 0.15) is 0 Å². The van der Waals surface area contributed by atoms with Crippen molar-refractivity contribution in [2.75, 3.05) is 0 Å². The summed E-state index contributed by atoms with van der Waals surface area (Å²) in [7, 11) is 0. The Bertz CT molecular complexity index is 1020. The number of hydrogen-bond donors (Lipinski definition) is 1. The van der Waals surface area contributed by atoms with Crippen LogP contribution in [0.3, 0.4) is 0 Å². The highest BCUT2D eigenvalue weighted by atomic mass is 16.3. The van der Waals surface area contributed by atoms with Gasteiger partial charge < -0.3 is 5.11 Å². The first kappa shape index (κ1) is 17.3. The number of aliphatic hydroxyl groups excluding tert-OH is 1. The van der Waals surface area contributed by atoms with Crippen molar-refractivity contribution >= 4 is 0 Å². The Labute approximate surface area is 160 Å². The number of hydrogen-bond acceptors (Lipinski definition) is 1. The van der Waals surface area contributed by atoms with Crippen LogP contribution < -0.4 is 0 Å². The van der Waals surface area contributed by atoms with Gasteiger partial charge in [0.25, 0.3) is 0 Å². The summed E-state index contributed by atoms with van der Waals surface area (Å²) >= 11 is 0. The van der Waals surface area contributed by atoms with Crippen molar-refractivity contribution in [3.05, 3.63) is 109 Å². The second kappa shape index (κ2) is 7.61. The van der Waals surface area contributed by atoms with Crippen molar-refractivity contribution in [1.82, 2.24) is 0 Å². The number of benzene rings is 4. The second-order valence-electron chi connectivity index (χ2n) is 6.73. The zero-order chi connectivity index (χ0) is 18.6. The van der Waals surface area contributed by atoms with Gasteiger partial charge in [0.05, 0.1) is 6.10 Å². The van der Waals surface area contributed by atoms with Crippen molar-refractivity contribution in [2.45, 2.75) is 13.0 Å². The van der Waals surface area contributed by atoms with Crippen LogP contribution in [0.15, 0.2) is 103 Å². The zero-order valence-corrected chi connectivity index (χ0v) is 15.3. The summed E-state index contributed by atoms with van der Waals surface area (Å²) in [6.45, 7) is 1.83. The van der Waals surface area contributed by atoms with Crippen LogP contribution in [0.1, 0.15) is 18.6 Å². The minimum atomic E-state index is -0.549. The molecule has 0 spiro atoms. The van der Waals surface area contributed by atoms with Gasteiger partial charge in [-0.25, -0.2) is 0 Å². The summed E-state index contributed by atoms with van der Waals surface area (Å²) < 4.78 is 0. The van der Waals surface area contributed by atoms with Gasteiger partial charge in [0.15, 0.2) is 0 Å². The normalized spacial score (nSPS) is 11.9. The summed E-state index contributed by atoms with van der Waals surface area (Å²) in [5, 5.41) is 10.5. The molecule has 0 saturated heterocycles. The van der Waals surface area contributed by atoms with Gasteiger partial charge in [-0.15, -0.1) is 0 Å². The zero-order valence-electron chi connectivity index (χ0n) is 15.3. The Hall–Kier alpha value is -3.16. The molecule has 0 aliphatic rings. The Morgan fingerprint density at radius 2 is 0.963 bits per heavy atom. The highest BCUT2D eigenvalue weighted by Crippen LogP contribution is 2.43. The molecule has 1 nitrogen and oxygen atoms in total. The standard InChI is InChI=1S/C26H22O/c1-19(27)23-17-18-24(20-11-5-2-6-12-20)26(22-15-9-4-10-16-22)25(23)21-13-7-3-8-14-21/h2-19,27H,1H3/t19-/m0/s1. The molecule has 1 heteroatoms. The van der Waals surface area contributed by atoms with Gasteiger partial charge in [0, 0.05) is 0 Å². The van der Waals surface area contributed by atoms with E-state index in [-0.39, 0.29) is 0 Å². The SMILES string of the molecule is C[C@H](O)c1ccc(-c2ccccc2)c(-c2ccccc2)c1-c1ccccc1. The molecule has 0 unspecified atom stereocenters. The van der Waals surface area contributed by atoms with Gasteiger partial charge in [-0.1, -0.05) is 103 Å². The Balaban J connectivity index is 2.11. The maximum atomic E-state index is 10.5. The molecule has 4 aromatic rings. The fraction of sp³-hybridized carbons (Fsp3) is 0.0769. The van der Waals surface area contributed by atoms with E-state index in [2.05, 4.69) is 72.8 Å². The van der Waals surface area contributed by atoms with E-state index in [9.17, 15) is 5.11 Å². The van der Waals surface area contributed by atoms with E-state index in [0.29, 0.717) is 0 Å². The summed E-state index contributed by atoms with van der Waals surface area (Å²) in [6.07, 6.45) is -0.549. The first-order valence-corrected chi connectivity index (χ1v) is 9.27. The van der Waals surface area contributed by atoms with Crippen molar-refractivity contribution in [2.24, 2.45) is 0 Å². The second-order valence-corrected chi connectivity index (χ2v) is 6.73. The smallest absolute Gasteiger partial charge is 0.0768 e. The molecule has 0 aliphatic carbocycles. The van der Waals surface area contributed by atoms with Gasteiger partial charge >= 0.3 is 0 Å². The maximum Gasteiger partial charge on any atom is 0.0768 e. The summed E-state index contributed by atoms with van der Waals surface area (Å²) in [5.41, 5.74) is 7.81. The summed E-state index contributed by atoms with van der Waals surface area (Å²) in [4.78, 5) is 0. The molecule has 0 fully saturated rings. The molecule has 0 saturated carbocycles. The monoisotopic (exact) mass is 350 g/mol. The van der Waals surface area contributed by atoms with Crippen molar-refractivity contribution < 1.29 is 5.11 Å². The third-order valence-corrected chi connectivity index (χ3v) is 4.90. The van der Waals surface area contributed by atoms with E-state index in [1.807, 2.05) is 37.3 Å². The Kier molecular flexibility index (Phi) is 4.86. The molecule has 1 N–H and O–H groups in total. The highest BCUT2D eigenvalue weighted by Gasteiger charge is 2.19. The van der Waals surface area contributed by atoms with Crippen LogP contribution in [0.2, 0.25) is 0 Å². The van der Waals surface area contributed by atoms with Crippen LogP contribution in [0.25, 0.3) is 33.4 Å². The molecule has 1 atom stereocenters. The predicted molar refractivity (Wildman–Crippen MR) is 113 cm³/mol. The highest BCUT2D eigenvalue weighted by molar-refractivity contribution is 5.96. The first-order chi connectivity index (χ1) is 13.3. The largest absolute Gasteiger partial charge is 0.389 e. The van der Waals surface area contributed by atoms with E-state index in [0.717, 1.165) is 27.8 Å². The van der Waals surface area contributed by atoms with Gasteiger partial charge in [-0.3, -0.25) is 0 Å². The molecule has 0 aliphatic heterocycles. The van der Waals surface area contributed by atoms with E-state index in [1.165, 1.54) is 11.1 Å². The van der Waals surface area contributed by atoms with Crippen LogP contribution in [-0.2, 0) is 0 Å². The Morgan fingerprint density at radius 1 is 0.519 bits per heavy atom. The number of aliphatic hydroxyl groups is 1. The molecular weight excluding hydrogens is 328 g/mol. The predicted octanol–water partition coefficient (Wildman–Crippen LogP) is 6.74. The van der Waals surface area contributed by atoms with Gasteiger partial charge in [0.2, 0.25) is 0 Å². The lowest BCUT2D eigenvalue weighted by Gasteiger charge is -2.21. The molecule has 0 aromatic heterocycles. The molecule has 132 valence electrons. The minimum Gasteiger partial charge on any atom is -0.389 e. The van der Waals surface area contributed by atoms with Crippen LogP contribution >= 0.6 is 0 Å². The molecule has 0 heterocycles. The lowest BCUT2D eigenvalue weighted by Crippen LogP contribution is -2.00. The summed E-state index contributed by atoms with van der Waals surface area (Å²) in [6, 6.07) is 35.4. The summed E-state index contributed by atoms with van der Waals surface area (Å²) in [5.74, 6) is 0. The molecule has 4 aromatic carbocycles. The number of rotatable bonds is 4. The average molecular weight is 350 g/mol. The maximum absolute atomic E-state index is 10.5. The van der Waals surface area contributed by atoms with Gasteiger partial charge in [-0.05, 0) is 45.9 Å². The molecule has 0 radical (unpaired) electrons. The molecule has 4 rings (SSSR count). The molecule has 0 amide bonds. The first-order valence-electron chi connectivity index (χ1n) is 9.27. The fourth-order valence-corrected chi connectivity index (χ4v) is 3.65. The topological polar surface area (TPSA) is 20.2 Å². The van der Waals surface area contributed by atoms with Crippen molar-refractivity contribution in [1.29, 1.82) is 0 Å². The lowest BCUT2D eigenvalue weighted by atomic mass is 9.83. The van der Waals surface area contributed by atoms with Crippen LogP contribution in [0.4, 0.5) is 0 Å². The lowest BCUT2D eigenvalue weighted by molar-refractivity contribution is 0.200. The molecule has 0 bridgehead atoms. The average Bonchev–Trinajstić information content (AvgIpc) is 2.74. The fourth-order valence-electron chi connectivity index (χ4n) is 3.65. The van der Waals surface area contributed by atoms with E-state index in [1.54, 1.807) is 0 Å². The minimum absolute atomic E-state index is 0.549.